The number of aliphatic carboxylic acids is 1. The molecule has 47 heavy (non-hydrogen) atoms. The van der Waals surface area contributed by atoms with Crippen LogP contribution in [0.5, 0.6) is 5.75 Å². The lowest BCUT2D eigenvalue weighted by Crippen LogP contribution is -2.38. The molecule has 2 N–H and O–H groups in total. The van der Waals surface area contributed by atoms with Crippen LogP contribution in [-0.2, 0) is 22.4 Å². The molecule has 8 heteroatoms. The highest BCUT2D eigenvalue weighted by atomic mass is 19.1. The quantitative estimate of drug-likeness (QED) is 0.204. The molecule has 0 radical (unpaired) electrons. The SMILES string of the molecule is CC(C)(C)O.Cc1nc(/C=C/COC(C)C)c(-c2ccc(OCCc3ccc(F)cc3)cc2)c(N2CCC(C)(C)CC2)c1CC(=O)O. The lowest BCUT2D eigenvalue weighted by molar-refractivity contribution is -0.136. The molecule has 0 atom stereocenters. The van der Waals surface area contributed by atoms with Crippen molar-refractivity contribution >= 4 is 17.7 Å². The second-order valence-corrected chi connectivity index (χ2v) is 14.2. The molecule has 7 nitrogen and oxygen atoms in total. The number of benzene rings is 2. The number of rotatable bonds is 12. The summed E-state index contributed by atoms with van der Waals surface area (Å²) < 4.78 is 24.9. The molecule has 0 aliphatic carbocycles. The maximum absolute atomic E-state index is 13.2. The minimum absolute atomic E-state index is 0.0912. The topological polar surface area (TPSA) is 92.1 Å². The van der Waals surface area contributed by atoms with E-state index >= 15 is 0 Å². The van der Waals surface area contributed by atoms with Crippen molar-refractivity contribution < 1.29 is 28.9 Å². The molecule has 0 bridgehead atoms. The average Bonchev–Trinajstić information content (AvgIpc) is 2.97. The highest BCUT2D eigenvalue weighted by Gasteiger charge is 2.30. The van der Waals surface area contributed by atoms with Crippen molar-refractivity contribution in [2.75, 3.05) is 31.2 Å². The average molecular weight is 649 g/mol. The van der Waals surface area contributed by atoms with Crippen molar-refractivity contribution in [3.63, 3.8) is 0 Å². The van der Waals surface area contributed by atoms with Gasteiger partial charge in [-0.25, -0.2) is 4.39 Å². The van der Waals surface area contributed by atoms with E-state index in [1.54, 1.807) is 32.9 Å². The lowest BCUT2D eigenvalue weighted by atomic mass is 9.82. The van der Waals surface area contributed by atoms with Crippen LogP contribution in [0, 0.1) is 18.2 Å². The van der Waals surface area contributed by atoms with Gasteiger partial charge in [-0.1, -0.05) is 44.2 Å². The molecule has 2 aromatic carbocycles. The van der Waals surface area contributed by atoms with Gasteiger partial charge in [-0.3, -0.25) is 9.78 Å². The van der Waals surface area contributed by atoms with E-state index in [4.69, 9.17) is 19.6 Å². The van der Waals surface area contributed by atoms with Crippen molar-refractivity contribution in [1.29, 1.82) is 0 Å². The number of carbonyl (C=O) groups is 1. The van der Waals surface area contributed by atoms with Crippen molar-refractivity contribution in [3.05, 3.63) is 82.9 Å². The molecule has 1 aliphatic rings. The van der Waals surface area contributed by atoms with Crippen molar-refractivity contribution in [2.45, 2.75) is 92.8 Å². The number of carboxylic acid groups (broad SMARTS) is 1. The molecule has 1 saturated heterocycles. The Labute approximate surface area is 280 Å². The summed E-state index contributed by atoms with van der Waals surface area (Å²) in [5.74, 6) is -0.389. The standard InChI is InChI=1S/C35H43FN2O4.C4H10O/c1-24(2)41-21-6-7-31-33(27-10-14-29(15-11-27)42-22-16-26-8-12-28(36)13-9-26)34(30(23-32(39)40)25(3)37-31)38-19-17-35(4,5)18-20-38;1-4(2,3)5/h6-15,24H,16-23H2,1-5H3,(H,39,40);5H,1-3H3/b7-6+;. The van der Waals surface area contributed by atoms with Crippen LogP contribution in [0.2, 0.25) is 0 Å². The van der Waals surface area contributed by atoms with Crippen molar-refractivity contribution in [3.8, 4) is 16.9 Å². The van der Waals surface area contributed by atoms with Crippen molar-refractivity contribution in [2.24, 2.45) is 5.41 Å². The highest BCUT2D eigenvalue weighted by Crippen LogP contribution is 2.42. The molecule has 3 aromatic rings. The van der Waals surface area contributed by atoms with Gasteiger partial charge in [-0.05, 0) is 101 Å². The summed E-state index contributed by atoms with van der Waals surface area (Å²) in [4.78, 5) is 19.3. The van der Waals surface area contributed by atoms with Crippen LogP contribution in [0.4, 0.5) is 10.1 Å². The Morgan fingerprint density at radius 2 is 1.66 bits per heavy atom. The van der Waals surface area contributed by atoms with E-state index < -0.39 is 11.6 Å². The van der Waals surface area contributed by atoms with Gasteiger partial charge in [0.1, 0.15) is 11.6 Å². The molecular formula is C39H53FN2O5. The lowest BCUT2D eigenvalue weighted by Gasteiger charge is -2.40. The first-order valence-corrected chi connectivity index (χ1v) is 16.5. The van der Waals surface area contributed by atoms with Crippen LogP contribution < -0.4 is 9.64 Å². The minimum Gasteiger partial charge on any atom is -0.493 e. The van der Waals surface area contributed by atoms with E-state index in [1.807, 2.05) is 57.2 Å². The molecule has 0 unspecified atom stereocenters. The number of halogens is 1. The fraction of sp³-hybridized carbons (Fsp3) is 0.487. The Balaban J connectivity index is 0.00000111. The maximum Gasteiger partial charge on any atom is 0.307 e. The molecule has 0 spiro atoms. The van der Waals surface area contributed by atoms with E-state index in [0.717, 1.165) is 71.0 Å². The van der Waals surface area contributed by atoms with Crippen LogP contribution in [0.15, 0.2) is 54.6 Å². The number of hydrogen-bond donors (Lipinski definition) is 2. The number of aryl methyl sites for hydroxylation is 1. The molecule has 2 heterocycles. The van der Waals surface area contributed by atoms with E-state index in [2.05, 4.69) is 18.7 Å². The number of carboxylic acids is 1. The molecule has 1 aromatic heterocycles. The Kier molecular flexibility index (Phi) is 13.5. The first-order chi connectivity index (χ1) is 22.0. The highest BCUT2D eigenvalue weighted by molar-refractivity contribution is 5.89. The first kappa shape index (κ1) is 37.7. The van der Waals surface area contributed by atoms with Gasteiger partial charge in [0.2, 0.25) is 0 Å². The normalized spacial score (nSPS) is 14.7. The zero-order valence-electron chi connectivity index (χ0n) is 29.4. The fourth-order valence-electron chi connectivity index (χ4n) is 5.26. The number of piperidine rings is 1. The van der Waals surface area contributed by atoms with Crippen LogP contribution in [-0.4, -0.2) is 59.2 Å². The summed E-state index contributed by atoms with van der Waals surface area (Å²) in [5, 5.41) is 18.4. The van der Waals surface area contributed by atoms with Gasteiger partial charge >= 0.3 is 5.97 Å². The van der Waals surface area contributed by atoms with Gasteiger partial charge in [-0.15, -0.1) is 0 Å². The van der Waals surface area contributed by atoms with Gasteiger partial charge < -0.3 is 24.6 Å². The summed E-state index contributed by atoms with van der Waals surface area (Å²) in [6.07, 6.45) is 6.70. The maximum atomic E-state index is 13.2. The third-order valence-electron chi connectivity index (χ3n) is 7.78. The smallest absolute Gasteiger partial charge is 0.307 e. The van der Waals surface area contributed by atoms with Crippen LogP contribution in [0.25, 0.3) is 17.2 Å². The van der Waals surface area contributed by atoms with Crippen molar-refractivity contribution in [1.82, 2.24) is 4.98 Å². The number of pyridine rings is 1. The van der Waals surface area contributed by atoms with Gasteiger partial charge in [-0.2, -0.15) is 0 Å². The van der Waals surface area contributed by atoms with Crippen LogP contribution in [0.1, 0.15) is 83.8 Å². The largest absolute Gasteiger partial charge is 0.493 e. The third-order valence-corrected chi connectivity index (χ3v) is 7.78. The van der Waals surface area contributed by atoms with Crippen LogP contribution in [0.3, 0.4) is 0 Å². The minimum atomic E-state index is -0.872. The molecule has 256 valence electrons. The summed E-state index contributed by atoms with van der Waals surface area (Å²) >= 11 is 0. The predicted molar refractivity (Wildman–Crippen MR) is 189 cm³/mol. The van der Waals surface area contributed by atoms with E-state index in [0.29, 0.717) is 19.6 Å². The van der Waals surface area contributed by atoms with Gasteiger partial charge in [0.25, 0.3) is 0 Å². The number of aromatic nitrogens is 1. The Hall–Kier alpha value is -3.75. The molecule has 0 amide bonds. The molecule has 1 aliphatic heterocycles. The number of anilines is 1. The van der Waals surface area contributed by atoms with Gasteiger partial charge in [0.15, 0.2) is 0 Å². The van der Waals surface area contributed by atoms with E-state index in [-0.39, 0.29) is 23.8 Å². The Morgan fingerprint density at radius 3 is 2.21 bits per heavy atom. The second kappa shape index (κ2) is 16.9. The number of nitrogens with zero attached hydrogens (tertiary/aromatic N) is 2. The molecule has 1 fully saturated rings. The summed E-state index contributed by atoms with van der Waals surface area (Å²) in [6, 6.07) is 14.4. The molecule has 0 saturated carbocycles. The van der Waals surface area contributed by atoms with E-state index in [9.17, 15) is 14.3 Å². The Morgan fingerprint density at radius 1 is 1.06 bits per heavy atom. The first-order valence-electron chi connectivity index (χ1n) is 16.5. The molecular weight excluding hydrogens is 595 g/mol. The zero-order chi connectivity index (χ0) is 34.8. The number of ether oxygens (including phenoxy) is 2. The summed E-state index contributed by atoms with van der Waals surface area (Å²) in [6.45, 7) is 18.3. The van der Waals surface area contributed by atoms with E-state index in [1.165, 1.54) is 12.1 Å². The number of aliphatic hydroxyl groups is 1. The number of hydrogen-bond acceptors (Lipinski definition) is 6. The zero-order valence-corrected chi connectivity index (χ0v) is 29.4. The molecule has 4 rings (SSSR count). The van der Waals surface area contributed by atoms with Crippen LogP contribution >= 0.6 is 0 Å². The third kappa shape index (κ3) is 12.8. The summed E-state index contributed by atoms with van der Waals surface area (Å²) in [7, 11) is 0. The Bertz CT molecular complexity index is 1460. The van der Waals surface area contributed by atoms with Gasteiger partial charge in [0.05, 0.1) is 42.7 Å². The fourth-order valence-corrected chi connectivity index (χ4v) is 5.26. The van der Waals surface area contributed by atoms with Gasteiger partial charge in [0, 0.05) is 36.3 Å². The monoisotopic (exact) mass is 648 g/mol. The predicted octanol–water partition coefficient (Wildman–Crippen LogP) is 8.29. The second-order valence-electron chi connectivity index (χ2n) is 14.2. The summed E-state index contributed by atoms with van der Waals surface area (Å²) in [5.41, 5.74) is 5.86.